The molecule has 0 saturated carbocycles. The molecule has 10 nitrogen and oxygen atoms in total. The van der Waals surface area contributed by atoms with Crippen molar-refractivity contribution in [2.75, 3.05) is 17.7 Å². The van der Waals surface area contributed by atoms with Crippen molar-refractivity contribution in [3.8, 4) is 11.3 Å². The molecule has 3 heterocycles. The Kier molecular flexibility index (Phi) is 7.37. The van der Waals surface area contributed by atoms with E-state index in [4.69, 9.17) is 11.6 Å². The summed E-state index contributed by atoms with van der Waals surface area (Å²) in [5.74, 6) is 5.99. The van der Waals surface area contributed by atoms with Crippen LogP contribution >= 0.6 is 0 Å². The van der Waals surface area contributed by atoms with Crippen molar-refractivity contribution in [1.29, 1.82) is 0 Å². The molecule has 1 aromatic carbocycles. The summed E-state index contributed by atoms with van der Waals surface area (Å²) in [7, 11) is 0. The average Bonchev–Trinajstić information content (AvgIpc) is 3.48. The first-order valence-electron chi connectivity index (χ1n) is 12.2. The number of likely N-dealkylation sites (tertiary alicyclic amines) is 1. The number of pyridine rings is 1. The van der Waals surface area contributed by atoms with Crippen LogP contribution in [0, 0.1) is 0 Å². The maximum atomic E-state index is 12.8. The van der Waals surface area contributed by atoms with Gasteiger partial charge >= 0.3 is 0 Å². The SMILES string of the molecule is CCc1ccnc(NC(=O)c2ccc(-c3nc([C@@H]4CCCN4C(=O)C=C(C)C)n(N)c3C(N)=O)cc2)c1. The van der Waals surface area contributed by atoms with Gasteiger partial charge in [-0.05, 0) is 62.9 Å². The summed E-state index contributed by atoms with van der Waals surface area (Å²) in [4.78, 5) is 48.4. The first-order valence-corrected chi connectivity index (χ1v) is 12.2. The van der Waals surface area contributed by atoms with E-state index in [0.717, 1.165) is 24.0 Å². The zero-order valence-electron chi connectivity index (χ0n) is 21.2. The predicted octanol–water partition coefficient (Wildman–Crippen LogP) is 3.20. The van der Waals surface area contributed by atoms with Gasteiger partial charge < -0.3 is 21.8 Å². The summed E-state index contributed by atoms with van der Waals surface area (Å²) in [6.45, 7) is 6.32. The first-order chi connectivity index (χ1) is 17.7. The third-order valence-electron chi connectivity index (χ3n) is 6.31. The molecule has 1 aliphatic heterocycles. The van der Waals surface area contributed by atoms with Gasteiger partial charge in [-0.2, -0.15) is 0 Å². The molecule has 3 amide bonds. The summed E-state index contributed by atoms with van der Waals surface area (Å²) < 4.78 is 1.18. The summed E-state index contributed by atoms with van der Waals surface area (Å²) >= 11 is 0. The number of primary amides is 1. The monoisotopic (exact) mass is 501 g/mol. The minimum Gasteiger partial charge on any atom is -0.364 e. The normalized spacial score (nSPS) is 14.9. The number of imidazole rings is 1. The second kappa shape index (κ2) is 10.7. The fourth-order valence-corrected chi connectivity index (χ4v) is 4.48. The van der Waals surface area contributed by atoms with E-state index in [2.05, 4.69) is 15.3 Å². The molecule has 0 unspecified atom stereocenters. The van der Waals surface area contributed by atoms with Crippen LogP contribution in [0.25, 0.3) is 11.3 Å². The van der Waals surface area contributed by atoms with Gasteiger partial charge in [0.2, 0.25) is 5.91 Å². The fourth-order valence-electron chi connectivity index (χ4n) is 4.48. The minimum absolute atomic E-state index is 0.0364. The molecule has 0 aliphatic carbocycles. The van der Waals surface area contributed by atoms with Crippen molar-refractivity contribution in [2.45, 2.75) is 46.1 Å². The van der Waals surface area contributed by atoms with Gasteiger partial charge in [-0.1, -0.05) is 24.6 Å². The zero-order valence-corrected chi connectivity index (χ0v) is 21.2. The number of carbonyl (C=O) groups is 3. The van der Waals surface area contributed by atoms with Gasteiger partial charge in [-0.15, -0.1) is 0 Å². The number of hydrogen-bond acceptors (Lipinski definition) is 6. The number of aromatic nitrogens is 3. The molecular weight excluding hydrogens is 470 g/mol. The molecular formula is C27H31N7O3. The summed E-state index contributed by atoms with van der Waals surface area (Å²) in [6, 6.07) is 9.98. The predicted molar refractivity (Wildman–Crippen MR) is 141 cm³/mol. The van der Waals surface area contributed by atoms with Crippen LogP contribution in [0.2, 0.25) is 0 Å². The van der Waals surface area contributed by atoms with Crippen molar-refractivity contribution in [3.63, 3.8) is 0 Å². The maximum Gasteiger partial charge on any atom is 0.269 e. The Labute approximate surface area is 215 Å². The number of allylic oxidation sites excluding steroid dienone is 1. The van der Waals surface area contributed by atoms with Gasteiger partial charge in [0.25, 0.3) is 11.8 Å². The Bertz CT molecular complexity index is 1370. The van der Waals surface area contributed by atoms with Crippen LogP contribution < -0.4 is 16.9 Å². The number of carbonyl (C=O) groups excluding carboxylic acids is 3. The van der Waals surface area contributed by atoms with E-state index in [1.807, 2.05) is 32.9 Å². The van der Waals surface area contributed by atoms with Gasteiger partial charge in [0, 0.05) is 29.9 Å². The number of benzene rings is 1. The minimum atomic E-state index is -0.736. The third-order valence-corrected chi connectivity index (χ3v) is 6.31. The number of amides is 3. The van der Waals surface area contributed by atoms with Gasteiger partial charge in [0.05, 0.1) is 6.04 Å². The van der Waals surface area contributed by atoms with Crippen LogP contribution in [0.4, 0.5) is 5.82 Å². The molecule has 1 fully saturated rings. The third kappa shape index (κ3) is 5.37. The molecule has 5 N–H and O–H groups in total. The van der Waals surface area contributed by atoms with E-state index >= 15 is 0 Å². The van der Waals surface area contributed by atoms with Crippen LogP contribution in [0.5, 0.6) is 0 Å². The molecule has 2 aromatic heterocycles. The molecule has 0 spiro atoms. The maximum absolute atomic E-state index is 12.8. The second-order valence-electron chi connectivity index (χ2n) is 9.25. The van der Waals surface area contributed by atoms with E-state index in [9.17, 15) is 14.4 Å². The largest absolute Gasteiger partial charge is 0.364 e. The van der Waals surface area contributed by atoms with E-state index in [1.54, 1.807) is 41.4 Å². The second-order valence-corrected chi connectivity index (χ2v) is 9.25. The molecule has 1 saturated heterocycles. The van der Waals surface area contributed by atoms with Crippen molar-refractivity contribution < 1.29 is 14.4 Å². The Morgan fingerprint density at radius 3 is 2.54 bits per heavy atom. The van der Waals surface area contributed by atoms with Crippen LogP contribution in [0.1, 0.15) is 71.9 Å². The lowest BCUT2D eigenvalue weighted by molar-refractivity contribution is -0.127. The lowest BCUT2D eigenvalue weighted by Gasteiger charge is -2.23. The lowest BCUT2D eigenvalue weighted by Crippen LogP contribution is -2.33. The molecule has 3 aromatic rings. The number of hydrogen-bond donors (Lipinski definition) is 3. The quantitative estimate of drug-likeness (QED) is 0.334. The van der Waals surface area contributed by atoms with Crippen LogP contribution in [0.15, 0.2) is 54.2 Å². The van der Waals surface area contributed by atoms with Gasteiger partial charge in [-0.25, -0.2) is 14.6 Å². The Morgan fingerprint density at radius 2 is 1.89 bits per heavy atom. The molecule has 4 rings (SSSR count). The topological polar surface area (TPSA) is 149 Å². The van der Waals surface area contributed by atoms with E-state index in [-0.39, 0.29) is 23.6 Å². The molecule has 0 bridgehead atoms. The van der Waals surface area contributed by atoms with E-state index in [1.165, 1.54) is 4.68 Å². The number of anilines is 1. The Balaban J connectivity index is 1.62. The van der Waals surface area contributed by atoms with Crippen LogP contribution in [0.3, 0.4) is 0 Å². The smallest absolute Gasteiger partial charge is 0.269 e. The molecule has 192 valence electrons. The molecule has 10 heteroatoms. The number of aryl methyl sites for hydroxylation is 1. The summed E-state index contributed by atoms with van der Waals surface area (Å²) in [5.41, 5.74) is 8.95. The lowest BCUT2D eigenvalue weighted by atomic mass is 10.1. The number of nitrogen functional groups attached to an aromatic ring is 1. The highest BCUT2D eigenvalue weighted by Gasteiger charge is 2.35. The van der Waals surface area contributed by atoms with Crippen molar-refractivity contribution >= 4 is 23.5 Å². The van der Waals surface area contributed by atoms with Gasteiger partial charge in [0.1, 0.15) is 11.5 Å². The van der Waals surface area contributed by atoms with Crippen LogP contribution in [-0.4, -0.2) is 43.8 Å². The first kappa shape index (κ1) is 25.6. The average molecular weight is 502 g/mol. The number of nitrogens with two attached hydrogens (primary N) is 2. The highest BCUT2D eigenvalue weighted by Crippen LogP contribution is 2.34. The van der Waals surface area contributed by atoms with Gasteiger partial charge in [0.15, 0.2) is 11.5 Å². The highest BCUT2D eigenvalue weighted by atomic mass is 16.2. The van der Waals surface area contributed by atoms with E-state index in [0.29, 0.717) is 41.4 Å². The summed E-state index contributed by atoms with van der Waals surface area (Å²) in [5, 5.41) is 2.79. The fraction of sp³-hybridized carbons (Fsp3) is 0.296. The standard InChI is InChI=1S/C27H31N7O3/c1-4-17-11-12-30-21(15-17)31-27(37)19-9-7-18(8-10-19)23-24(25(28)36)34(29)26(32-23)20-6-5-13-33(20)22(35)14-16(2)3/h7-12,14-15,20H,4-6,13,29H2,1-3H3,(H2,28,36)(H,30,31,37)/t20-/m0/s1. The highest BCUT2D eigenvalue weighted by molar-refractivity contribution is 6.04. The van der Waals surface area contributed by atoms with E-state index < -0.39 is 5.91 Å². The van der Waals surface area contributed by atoms with Crippen LogP contribution in [-0.2, 0) is 11.2 Å². The molecule has 37 heavy (non-hydrogen) atoms. The molecule has 1 atom stereocenters. The van der Waals surface area contributed by atoms with Crippen molar-refractivity contribution in [2.24, 2.45) is 5.73 Å². The number of rotatable bonds is 7. The van der Waals surface area contributed by atoms with Gasteiger partial charge in [-0.3, -0.25) is 14.4 Å². The number of nitrogens with zero attached hydrogens (tertiary/aromatic N) is 4. The van der Waals surface area contributed by atoms with Crippen molar-refractivity contribution in [3.05, 3.63) is 76.9 Å². The zero-order chi connectivity index (χ0) is 26.7. The molecule has 0 radical (unpaired) electrons. The Morgan fingerprint density at radius 1 is 1.16 bits per heavy atom. The Hall–Kier alpha value is -4.47. The molecule has 1 aliphatic rings. The number of nitrogens with one attached hydrogen (secondary N) is 1. The van der Waals surface area contributed by atoms with Crippen molar-refractivity contribution in [1.82, 2.24) is 19.5 Å². The summed E-state index contributed by atoms with van der Waals surface area (Å²) in [6.07, 6.45) is 5.53.